The summed E-state index contributed by atoms with van der Waals surface area (Å²) in [4.78, 5) is 27.2. The lowest BCUT2D eigenvalue weighted by atomic mass is 9.81. The van der Waals surface area contributed by atoms with Crippen molar-refractivity contribution < 1.29 is 4.79 Å². The van der Waals surface area contributed by atoms with Crippen molar-refractivity contribution in [1.29, 1.82) is 0 Å². The summed E-state index contributed by atoms with van der Waals surface area (Å²) in [7, 11) is 0. The van der Waals surface area contributed by atoms with Crippen LogP contribution < -0.4 is 9.80 Å². The van der Waals surface area contributed by atoms with Crippen molar-refractivity contribution in [1.82, 2.24) is 9.97 Å². The Hall–Kier alpha value is -2.92. The van der Waals surface area contributed by atoms with Crippen molar-refractivity contribution in [3.8, 4) is 0 Å². The molecule has 1 atom stereocenters. The number of carbonyl (C=O) groups is 1. The number of aromatic nitrogens is 2. The summed E-state index contributed by atoms with van der Waals surface area (Å²) in [6.07, 6.45) is 1.25. The second-order valence-electron chi connectivity index (χ2n) is 8.32. The minimum absolute atomic E-state index is 0.134. The average molecular weight is 433 g/mol. The van der Waals surface area contributed by atoms with Crippen LogP contribution in [0.2, 0.25) is 5.02 Å². The van der Waals surface area contributed by atoms with Gasteiger partial charge in [-0.1, -0.05) is 41.9 Å². The molecule has 158 valence electrons. The number of hydrogen-bond donors (Lipinski definition) is 0. The van der Waals surface area contributed by atoms with Crippen LogP contribution in [0.4, 0.5) is 11.6 Å². The van der Waals surface area contributed by atoms with Gasteiger partial charge in [0.05, 0.1) is 17.0 Å². The standard InChI is InChI=1S/C25H25ClN4O/c1-17-24-22(15-19(16-23(24)31)18-7-9-20(26)10-8-18)28-25(27-17)30-13-11-29(12-14-30)21-5-3-2-4-6-21/h2-10,19H,11-16H2,1H3. The van der Waals surface area contributed by atoms with E-state index in [9.17, 15) is 4.79 Å². The first kappa shape index (κ1) is 20.0. The molecular weight excluding hydrogens is 408 g/mol. The van der Waals surface area contributed by atoms with Crippen molar-refractivity contribution in [2.75, 3.05) is 36.0 Å². The number of fused-ring (bicyclic) bond motifs is 1. The number of rotatable bonds is 3. The van der Waals surface area contributed by atoms with Gasteiger partial charge in [0, 0.05) is 43.3 Å². The van der Waals surface area contributed by atoms with Crippen LogP contribution in [0.25, 0.3) is 0 Å². The number of halogens is 1. The molecule has 5 nitrogen and oxygen atoms in total. The van der Waals surface area contributed by atoms with Gasteiger partial charge < -0.3 is 9.80 Å². The number of piperazine rings is 1. The fraction of sp³-hybridized carbons (Fsp3) is 0.320. The normalized spacial score (nSPS) is 18.8. The van der Waals surface area contributed by atoms with E-state index in [0.29, 0.717) is 11.4 Å². The van der Waals surface area contributed by atoms with Crippen molar-refractivity contribution in [2.45, 2.75) is 25.7 Å². The van der Waals surface area contributed by atoms with Gasteiger partial charge in [-0.15, -0.1) is 0 Å². The average Bonchev–Trinajstić information content (AvgIpc) is 2.79. The van der Waals surface area contributed by atoms with Gasteiger partial charge in [-0.25, -0.2) is 9.97 Å². The SMILES string of the molecule is Cc1nc(N2CCN(c3ccccc3)CC2)nc2c1C(=O)CC(c1ccc(Cl)cc1)C2. The number of aryl methyl sites for hydroxylation is 1. The molecule has 5 rings (SSSR count). The largest absolute Gasteiger partial charge is 0.368 e. The second-order valence-corrected chi connectivity index (χ2v) is 8.76. The van der Waals surface area contributed by atoms with Crippen LogP contribution >= 0.6 is 11.6 Å². The van der Waals surface area contributed by atoms with Gasteiger partial charge in [-0.2, -0.15) is 0 Å². The molecule has 1 fully saturated rings. The first-order valence-corrected chi connectivity index (χ1v) is 11.2. The monoisotopic (exact) mass is 432 g/mol. The molecule has 1 unspecified atom stereocenters. The van der Waals surface area contributed by atoms with E-state index in [-0.39, 0.29) is 11.7 Å². The maximum Gasteiger partial charge on any atom is 0.225 e. The molecule has 1 aliphatic heterocycles. The maximum atomic E-state index is 12.9. The third kappa shape index (κ3) is 4.02. The molecule has 2 aromatic carbocycles. The Kier molecular flexibility index (Phi) is 5.36. The summed E-state index contributed by atoms with van der Waals surface area (Å²) in [6.45, 7) is 5.51. The van der Waals surface area contributed by atoms with E-state index in [4.69, 9.17) is 21.6 Å². The van der Waals surface area contributed by atoms with E-state index in [1.807, 2.05) is 37.3 Å². The zero-order valence-corrected chi connectivity index (χ0v) is 18.3. The Bertz CT molecular complexity index is 1090. The van der Waals surface area contributed by atoms with Crippen LogP contribution in [0, 0.1) is 6.92 Å². The Balaban J connectivity index is 1.36. The van der Waals surface area contributed by atoms with Crippen molar-refractivity contribution >= 4 is 29.0 Å². The van der Waals surface area contributed by atoms with Gasteiger partial charge in [-0.3, -0.25) is 4.79 Å². The molecule has 3 aromatic rings. The third-order valence-electron chi connectivity index (χ3n) is 6.33. The second kappa shape index (κ2) is 8.31. The van der Waals surface area contributed by atoms with Gasteiger partial charge in [0.25, 0.3) is 0 Å². The highest BCUT2D eigenvalue weighted by atomic mass is 35.5. The molecule has 0 N–H and O–H groups in total. The number of para-hydroxylation sites is 1. The Morgan fingerprint density at radius 2 is 1.55 bits per heavy atom. The van der Waals surface area contributed by atoms with Gasteiger partial charge in [-0.05, 0) is 49.1 Å². The molecule has 0 amide bonds. The topological polar surface area (TPSA) is 49.3 Å². The molecule has 2 aliphatic rings. The summed E-state index contributed by atoms with van der Waals surface area (Å²) in [5.74, 6) is 1.02. The van der Waals surface area contributed by atoms with Gasteiger partial charge in [0.1, 0.15) is 0 Å². The minimum Gasteiger partial charge on any atom is -0.368 e. The van der Waals surface area contributed by atoms with Crippen LogP contribution in [0.1, 0.15) is 39.6 Å². The summed E-state index contributed by atoms with van der Waals surface area (Å²) in [5, 5.41) is 0.710. The summed E-state index contributed by atoms with van der Waals surface area (Å²) in [5.41, 5.74) is 4.78. The van der Waals surface area contributed by atoms with Crippen molar-refractivity contribution in [2.24, 2.45) is 0 Å². The van der Waals surface area contributed by atoms with Crippen molar-refractivity contribution in [3.05, 3.63) is 82.1 Å². The number of anilines is 2. The zero-order valence-electron chi connectivity index (χ0n) is 17.6. The van der Waals surface area contributed by atoms with E-state index < -0.39 is 0 Å². The molecule has 2 heterocycles. The number of ketones is 1. The van der Waals surface area contributed by atoms with E-state index in [1.165, 1.54) is 5.69 Å². The Morgan fingerprint density at radius 3 is 2.26 bits per heavy atom. The highest BCUT2D eigenvalue weighted by Gasteiger charge is 2.31. The molecule has 0 radical (unpaired) electrons. The molecule has 31 heavy (non-hydrogen) atoms. The quantitative estimate of drug-likeness (QED) is 0.601. The maximum absolute atomic E-state index is 12.9. The van der Waals surface area contributed by atoms with E-state index in [2.05, 4.69) is 34.1 Å². The first-order valence-electron chi connectivity index (χ1n) is 10.8. The number of benzene rings is 2. The Labute approximate surface area is 187 Å². The lowest BCUT2D eigenvalue weighted by molar-refractivity contribution is 0.0962. The van der Waals surface area contributed by atoms with Crippen LogP contribution in [0.3, 0.4) is 0 Å². The molecule has 6 heteroatoms. The van der Waals surface area contributed by atoms with Crippen LogP contribution in [0.15, 0.2) is 54.6 Å². The smallest absolute Gasteiger partial charge is 0.225 e. The van der Waals surface area contributed by atoms with Gasteiger partial charge in [0.15, 0.2) is 5.78 Å². The Morgan fingerprint density at radius 1 is 0.871 bits per heavy atom. The summed E-state index contributed by atoms with van der Waals surface area (Å²) >= 11 is 6.04. The highest BCUT2D eigenvalue weighted by molar-refractivity contribution is 6.30. The number of carbonyl (C=O) groups excluding carboxylic acids is 1. The fourth-order valence-corrected chi connectivity index (χ4v) is 4.80. The van der Waals surface area contributed by atoms with E-state index >= 15 is 0 Å². The van der Waals surface area contributed by atoms with E-state index in [0.717, 1.165) is 61.1 Å². The first-order chi connectivity index (χ1) is 15.1. The fourth-order valence-electron chi connectivity index (χ4n) is 4.67. The molecule has 1 aromatic heterocycles. The van der Waals surface area contributed by atoms with Crippen molar-refractivity contribution in [3.63, 3.8) is 0 Å². The molecule has 0 spiro atoms. The summed E-state index contributed by atoms with van der Waals surface area (Å²) in [6, 6.07) is 18.3. The predicted octanol–water partition coefficient (Wildman–Crippen LogP) is 4.68. The molecule has 1 saturated heterocycles. The van der Waals surface area contributed by atoms with Gasteiger partial charge >= 0.3 is 0 Å². The summed E-state index contributed by atoms with van der Waals surface area (Å²) < 4.78 is 0. The third-order valence-corrected chi connectivity index (χ3v) is 6.58. The van der Waals surface area contributed by atoms with Crippen LogP contribution in [-0.2, 0) is 6.42 Å². The number of Topliss-reactive ketones (excluding diaryl/α,β-unsaturated/α-hetero) is 1. The van der Waals surface area contributed by atoms with Gasteiger partial charge in [0.2, 0.25) is 5.95 Å². The molecule has 0 bridgehead atoms. The number of nitrogens with zero attached hydrogens (tertiary/aromatic N) is 4. The molecule has 0 saturated carbocycles. The minimum atomic E-state index is 0.134. The molecular formula is C25H25ClN4O. The zero-order chi connectivity index (χ0) is 21.4. The predicted molar refractivity (Wildman–Crippen MR) is 124 cm³/mol. The lowest BCUT2D eigenvalue weighted by Crippen LogP contribution is -2.47. The number of hydrogen-bond acceptors (Lipinski definition) is 5. The lowest BCUT2D eigenvalue weighted by Gasteiger charge is -2.36. The van der Waals surface area contributed by atoms with E-state index in [1.54, 1.807) is 0 Å². The highest BCUT2D eigenvalue weighted by Crippen LogP contribution is 2.34. The van der Waals surface area contributed by atoms with Crippen LogP contribution in [-0.4, -0.2) is 41.9 Å². The molecule has 1 aliphatic carbocycles. The van der Waals surface area contributed by atoms with Crippen LogP contribution in [0.5, 0.6) is 0 Å².